The predicted octanol–water partition coefficient (Wildman–Crippen LogP) is 3.65. The van der Waals surface area contributed by atoms with E-state index in [0.29, 0.717) is 12.8 Å². The van der Waals surface area contributed by atoms with Crippen LogP contribution in [-0.2, 0) is 10.2 Å². The van der Waals surface area contributed by atoms with Crippen molar-refractivity contribution in [1.82, 2.24) is 0 Å². The molecule has 4 nitrogen and oxygen atoms in total. The molecule has 0 aliphatic heterocycles. The Bertz CT molecular complexity index is 877. The van der Waals surface area contributed by atoms with Gasteiger partial charge in [0.15, 0.2) is 0 Å². The second-order valence-corrected chi connectivity index (χ2v) is 6.43. The number of hydrogen-bond donors (Lipinski definition) is 2. The van der Waals surface area contributed by atoms with E-state index >= 15 is 0 Å². The third kappa shape index (κ3) is 3.16. The summed E-state index contributed by atoms with van der Waals surface area (Å²) in [5.74, 6) is -3.74. The smallest absolute Gasteiger partial charge is 0.251 e. The molecule has 26 heavy (non-hydrogen) atoms. The quantitative estimate of drug-likeness (QED) is 0.871. The van der Waals surface area contributed by atoms with Crippen LogP contribution in [0.25, 0.3) is 0 Å². The molecule has 0 unspecified atom stereocenters. The van der Waals surface area contributed by atoms with Crippen LogP contribution in [0.1, 0.15) is 41.6 Å². The Hall–Kier alpha value is -2.83. The van der Waals surface area contributed by atoms with Gasteiger partial charge in [-0.3, -0.25) is 9.59 Å². The van der Waals surface area contributed by atoms with E-state index in [1.807, 2.05) is 0 Å². The lowest BCUT2D eigenvalue weighted by atomic mass is 9.77. The standard InChI is InChI=1S/C19H17F3N2O2/c20-11-3-5-14(16(22)9-11)19(7-1-2-8-19)18(26)24-12-4-6-15(21)13(10-12)17(23)25/h3-6,9-10H,1-2,7-8H2,(H2,23,25)(H,24,26). The Labute approximate surface area is 148 Å². The molecule has 136 valence electrons. The molecule has 0 heterocycles. The summed E-state index contributed by atoms with van der Waals surface area (Å²) in [6.07, 6.45) is 2.26. The lowest BCUT2D eigenvalue weighted by Gasteiger charge is -2.28. The van der Waals surface area contributed by atoms with Gasteiger partial charge in [0.1, 0.15) is 17.5 Å². The highest BCUT2D eigenvalue weighted by molar-refractivity contribution is 6.01. The molecule has 0 atom stereocenters. The maximum atomic E-state index is 14.3. The van der Waals surface area contributed by atoms with E-state index < -0.39 is 34.7 Å². The van der Waals surface area contributed by atoms with E-state index in [4.69, 9.17) is 5.73 Å². The van der Waals surface area contributed by atoms with Crippen molar-refractivity contribution in [2.24, 2.45) is 5.73 Å². The highest BCUT2D eigenvalue weighted by Gasteiger charge is 2.44. The highest BCUT2D eigenvalue weighted by Crippen LogP contribution is 2.43. The van der Waals surface area contributed by atoms with Crippen molar-refractivity contribution in [2.45, 2.75) is 31.1 Å². The Morgan fingerprint density at radius 3 is 2.27 bits per heavy atom. The van der Waals surface area contributed by atoms with Crippen LogP contribution in [-0.4, -0.2) is 11.8 Å². The van der Waals surface area contributed by atoms with Gasteiger partial charge in [0.05, 0.1) is 11.0 Å². The zero-order chi connectivity index (χ0) is 18.9. The van der Waals surface area contributed by atoms with E-state index in [0.717, 1.165) is 37.1 Å². The number of halogens is 3. The number of anilines is 1. The number of carbonyl (C=O) groups is 2. The summed E-state index contributed by atoms with van der Waals surface area (Å²) in [4.78, 5) is 24.2. The molecule has 1 aliphatic rings. The van der Waals surface area contributed by atoms with E-state index in [1.54, 1.807) is 0 Å². The van der Waals surface area contributed by atoms with Crippen molar-refractivity contribution in [1.29, 1.82) is 0 Å². The number of nitrogens with two attached hydrogens (primary N) is 1. The summed E-state index contributed by atoms with van der Waals surface area (Å²) in [5.41, 5.74) is 3.93. The topological polar surface area (TPSA) is 72.2 Å². The summed E-state index contributed by atoms with van der Waals surface area (Å²) in [7, 11) is 0. The van der Waals surface area contributed by atoms with Crippen LogP contribution in [0.3, 0.4) is 0 Å². The van der Waals surface area contributed by atoms with E-state index in [2.05, 4.69) is 5.32 Å². The lowest BCUT2D eigenvalue weighted by molar-refractivity contribution is -0.121. The third-order valence-electron chi connectivity index (χ3n) is 4.83. The van der Waals surface area contributed by atoms with Gasteiger partial charge in [-0.05, 0) is 37.1 Å². The first kappa shape index (κ1) is 18.0. The number of hydrogen-bond acceptors (Lipinski definition) is 2. The molecule has 2 aromatic carbocycles. The zero-order valence-corrected chi connectivity index (χ0v) is 13.8. The van der Waals surface area contributed by atoms with E-state index in [-0.39, 0.29) is 16.8 Å². The van der Waals surface area contributed by atoms with E-state index in [1.165, 1.54) is 12.1 Å². The third-order valence-corrected chi connectivity index (χ3v) is 4.83. The van der Waals surface area contributed by atoms with Crippen molar-refractivity contribution in [3.63, 3.8) is 0 Å². The average Bonchev–Trinajstić information content (AvgIpc) is 3.07. The Morgan fingerprint density at radius 1 is 0.962 bits per heavy atom. The first-order valence-electron chi connectivity index (χ1n) is 8.20. The maximum Gasteiger partial charge on any atom is 0.251 e. The number of benzene rings is 2. The normalized spacial score (nSPS) is 15.7. The van der Waals surface area contributed by atoms with Crippen molar-refractivity contribution in [3.8, 4) is 0 Å². The fraction of sp³-hybridized carbons (Fsp3) is 0.263. The maximum absolute atomic E-state index is 14.3. The Balaban J connectivity index is 1.96. The van der Waals surface area contributed by atoms with Gasteiger partial charge in [0, 0.05) is 17.3 Å². The van der Waals surface area contributed by atoms with Crippen LogP contribution in [0.5, 0.6) is 0 Å². The number of carbonyl (C=O) groups excluding carboxylic acids is 2. The Morgan fingerprint density at radius 2 is 1.65 bits per heavy atom. The molecule has 0 spiro atoms. The van der Waals surface area contributed by atoms with E-state index in [9.17, 15) is 22.8 Å². The number of primary amides is 1. The van der Waals surface area contributed by atoms with Crippen LogP contribution in [0.4, 0.5) is 18.9 Å². The zero-order valence-electron chi connectivity index (χ0n) is 13.8. The molecule has 0 aromatic heterocycles. The fourth-order valence-corrected chi connectivity index (χ4v) is 3.52. The molecule has 3 rings (SSSR count). The number of rotatable bonds is 4. The van der Waals surface area contributed by atoms with Crippen LogP contribution in [0.2, 0.25) is 0 Å². The molecule has 2 aromatic rings. The summed E-state index contributed by atoms with van der Waals surface area (Å²) in [5, 5.41) is 2.61. The molecule has 0 saturated heterocycles. The molecule has 3 N–H and O–H groups in total. The Kier molecular flexibility index (Phi) is 4.71. The van der Waals surface area contributed by atoms with Crippen LogP contribution < -0.4 is 11.1 Å². The largest absolute Gasteiger partial charge is 0.366 e. The highest BCUT2D eigenvalue weighted by atomic mass is 19.1. The minimum atomic E-state index is -1.14. The number of amides is 2. The summed E-state index contributed by atoms with van der Waals surface area (Å²) >= 11 is 0. The van der Waals surface area contributed by atoms with Crippen molar-refractivity contribution in [2.75, 3.05) is 5.32 Å². The molecular weight excluding hydrogens is 345 g/mol. The first-order valence-corrected chi connectivity index (χ1v) is 8.20. The van der Waals surface area contributed by atoms with Crippen LogP contribution in [0, 0.1) is 17.5 Å². The molecule has 0 bridgehead atoms. The second-order valence-electron chi connectivity index (χ2n) is 6.43. The van der Waals surface area contributed by atoms with Crippen LogP contribution >= 0.6 is 0 Å². The lowest BCUT2D eigenvalue weighted by Crippen LogP contribution is -2.38. The summed E-state index contributed by atoms with van der Waals surface area (Å²) in [6, 6.07) is 6.62. The molecule has 1 aliphatic carbocycles. The minimum absolute atomic E-state index is 0.131. The minimum Gasteiger partial charge on any atom is -0.366 e. The van der Waals surface area contributed by atoms with Crippen LogP contribution in [0.15, 0.2) is 36.4 Å². The van der Waals surface area contributed by atoms with Gasteiger partial charge >= 0.3 is 0 Å². The first-order chi connectivity index (χ1) is 12.3. The predicted molar refractivity (Wildman–Crippen MR) is 90.1 cm³/mol. The van der Waals surface area contributed by atoms with Gasteiger partial charge in [-0.25, -0.2) is 13.2 Å². The summed E-state index contributed by atoms with van der Waals surface area (Å²) < 4.78 is 41.2. The number of nitrogens with one attached hydrogen (secondary N) is 1. The fourth-order valence-electron chi connectivity index (χ4n) is 3.52. The average molecular weight is 362 g/mol. The van der Waals surface area contributed by atoms with Crippen molar-refractivity contribution in [3.05, 3.63) is 65.0 Å². The van der Waals surface area contributed by atoms with Gasteiger partial charge in [-0.15, -0.1) is 0 Å². The molecule has 1 fully saturated rings. The monoisotopic (exact) mass is 362 g/mol. The van der Waals surface area contributed by atoms with Gasteiger partial charge in [0.25, 0.3) is 5.91 Å². The van der Waals surface area contributed by atoms with Crippen molar-refractivity contribution >= 4 is 17.5 Å². The summed E-state index contributed by atoms with van der Waals surface area (Å²) in [6.45, 7) is 0. The molecule has 2 amide bonds. The van der Waals surface area contributed by atoms with Gasteiger partial charge in [-0.1, -0.05) is 18.9 Å². The molecule has 0 radical (unpaired) electrons. The molecular formula is C19H17F3N2O2. The van der Waals surface area contributed by atoms with Crippen molar-refractivity contribution < 1.29 is 22.8 Å². The van der Waals surface area contributed by atoms with Gasteiger partial charge in [0.2, 0.25) is 5.91 Å². The SMILES string of the molecule is NC(=O)c1cc(NC(=O)C2(c3ccc(F)cc3F)CCCC2)ccc1F. The molecule has 1 saturated carbocycles. The molecule has 7 heteroatoms. The second kappa shape index (κ2) is 6.82. The van der Waals surface area contributed by atoms with Gasteiger partial charge < -0.3 is 11.1 Å². The van der Waals surface area contributed by atoms with Gasteiger partial charge in [-0.2, -0.15) is 0 Å².